The molecule has 4 rings (SSSR count). The minimum Gasteiger partial charge on any atom is -0.467 e. The molecule has 1 amide bonds. The number of amides is 1. The highest BCUT2D eigenvalue weighted by atomic mass is 16.6. The third-order valence-electron chi connectivity index (χ3n) is 4.83. The Bertz CT molecular complexity index is 1260. The van der Waals surface area contributed by atoms with Crippen molar-refractivity contribution in [1.29, 1.82) is 0 Å². The maximum Gasteiger partial charge on any atom is 0.311 e. The summed E-state index contributed by atoms with van der Waals surface area (Å²) in [6, 6.07) is 17.0. The molecule has 1 N–H and O–H groups in total. The van der Waals surface area contributed by atoms with Gasteiger partial charge >= 0.3 is 5.69 Å². The molecule has 0 aliphatic carbocycles. The average Bonchev–Trinajstić information content (AvgIpc) is 3.42. The summed E-state index contributed by atoms with van der Waals surface area (Å²) in [6.45, 7) is 3.84. The number of para-hydroxylation sites is 2. The van der Waals surface area contributed by atoms with Gasteiger partial charge in [-0.25, -0.2) is 0 Å². The van der Waals surface area contributed by atoms with Crippen LogP contribution in [-0.2, 0) is 6.54 Å². The van der Waals surface area contributed by atoms with Crippen LogP contribution in [-0.4, -0.2) is 20.6 Å². The number of nitrogens with zero attached hydrogens (tertiary/aromatic N) is 3. The highest BCUT2D eigenvalue weighted by Gasteiger charge is 2.25. The lowest BCUT2D eigenvalue weighted by Crippen LogP contribution is -2.23. The number of hydrogen-bond donors (Lipinski definition) is 1. The van der Waals surface area contributed by atoms with Gasteiger partial charge in [-0.05, 0) is 44.2 Å². The molecule has 2 heterocycles. The average molecular weight is 432 g/mol. The maximum atomic E-state index is 12.8. The number of aryl methyl sites for hydroxylation is 1. The zero-order valence-electron chi connectivity index (χ0n) is 17.4. The number of nitrogens with one attached hydrogen (secondary N) is 1. The van der Waals surface area contributed by atoms with Crippen LogP contribution in [0.25, 0.3) is 5.69 Å². The van der Waals surface area contributed by atoms with Gasteiger partial charge in [0.05, 0.1) is 23.4 Å². The molecular formula is C23H20N4O5. The summed E-state index contributed by atoms with van der Waals surface area (Å²) < 4.78 is 12.7. The van der Waals surface area contributed by atoms with Gasteiger partial charge in [-0.15, -0.1) is 0 Å². The smallest absolute Gasteiger partial charge is 0.311 e. The van der Waals surface area contributed by atoms with Crippen LogP contribution in [0.15, 0.2) is 71.3 Å². The van der Waals surface area contributed by atoms with Crippen molar-refractivity contribution in [3.63, 3.8) is 0 Å². The minimum atomic E-state index is -0.520. The Labute approximate surface area is 183 Å². The van der Waals surface area contributed by atoms with Crippen molar-refractivity contribution in [1.82, 2.24) is 15.1 Å². The number of hydrogen-bond acceptors (Lipinski definition) is 6. The molecule has 9 nitrogen and oxygen atoms in total. The molecule has 0 aliphatic rings. The van der Waals surface area contributed by atoms with Crippen LogP contribution in [0.4, 0.5) is 5.69 Å². The van der Waals surface area contributed by atoms with Crippen molar-refractivity contribution in [2.75, 3.05) is 0 Å². The molecule has 0 saturated carbocycles. The number of nitro groups is 1. The standard InChI is InChI=1S/C23H20N4O5/c1-15-9-11-17(12-10-15)26-23(32-20-8-4-3-7-19(20)27(29)30)16(2)21(25-26)22(28)24-14-18-6-5-13-31-18/h3-13H,14H2,1-2H3,(H,24,28). The molecule has 2 aromatic carbocycles. The normalized spacial score (nSPS) is 10.7. The monoisotopic (exact) mass is 432 g/mol. The van der Waals surface area contributed by atoms with Crippen LogP contribution in [0.2, 0.25) is 0 Å². The van der Waals surface area contributed by atoms with Crippen LogP contribution in [0.5, 0.6) is 11.6 Å². The summed E-state index contributed by atoms with van der Waals surface area (Å²) in [7, 11) is 0. The molecule has 2 aromatic heterocycles. The van der Waals surface area contributed by atoms with Gasteiger partial charge in [-0.3, -0.25) is 14.9 Å². The number of carbonyl (C=O) groups excluding carboxylic acids is 1. The molecule has 0 aliphatic heterocycles. The lowest BCUT2D eigenvalue weighted by Gasteiger charge is -2.10. The minimum absolute atomic E-state index is 0.0522. The fourth-order valence-electron chi connectivity index (χ4n) is 3.14. The third-order valence-corrected chi connectivity index (χ3v) is 4.83. The first-order valence-corrected chi connectivity index (χ1v) is 9.82. The van der Waals surface area contributed by atoms with E-state index in [-0.39, 0.29) is 29.6 Å². The number of furan rings is 1. The lowest BCUT2D eigenvalue weighted by atomic mass is 10.2. The Morgan fingerprint density at radius 2 is 1.88 bits per heavy atom. The zero-order chi connectivity index (χ0) is 22.7. The van der Waals surface area contributed by atoms with Gasteiger partial charge in [-0.1, -0.05) is 29.8 Å². The van der Waals surface area contributed by atoms with Crippen molar-refractivity contribution in [2.45, 2.75) is 20.4 Å². The summed E-state index contributed by atoms with van der Waals surface area (Å²) in [5.41, 5.74) is 2.10. The fraction of sp³-hybridized carbons (Fsp3) is 0.130. The molecule has 0 saturated heterocycles. The first kappa shape index (κ1) is 20.9. The van der Waals surface area contributed by atoms with Gasteiger partial charge in [0.15, 0.2) is 5.69 Å². The largest absolute Gasteiger partial charge is 0.467 e. The van der Waals surface area contributed by atoms with E-state index >= 15 is 0 Å². The molecule has 162 valence electrons. The Morgan fingerprint density at radius 3 is 2.56 bits per heavy atom. The number of ether oxygens (including phenoxy) is 1. The highest BCUT2D eigenvalue weighted by Crippen LogP contribution is 2.35. The van der Waals surface area contributed by atoms with E-state index in [1.165, 1.54) is 23.1 Å². The second-order valence-electron chi connectivity index (χ2n) is 7.12. The van der Waals surface area contributed by atoms with Gasteiger partial charge in [0, 0.05) is 11.6 Å². The highest BCUT2D eigenvalue weighted by molar-refractivity contribution is 5.94. The van der Waals surface area contributed by atoms with Crippen LogP contribution in [0, 0.1) is 24.0 Å². The molecule has 0 atom stereocenters. The van der Waals surface area contributed by atoms with Gasteiger partial charge in [0.25, 0.3) is 5.91 Å². The zero-order valence-corrected chi connectivity index (χ0v) is 17.4. The second kappa shape index (κ2) is 8.76. The van der Waals surface area contributed by atoms with E-state index < -0.39 is 10.8 Å². The van der Waals surface area contributed by atoms with E-state index in [1.807, 2.05) is 31.2 Å². The lowest BCUT2D eigenvalue weighted by molar-refractivity contribution is -0.385. The first-order valence-electron chi connectivity index (χ1n) is 9.82. The third kappa shape index (κ3) is 4.22. The molecule has 9 heteroatoms. The SMILES string of the molecule is Cc1ccc(-n2nc(C(=O)NCc3ccco3)c(C)c2Oc2ccccc2[N+](=O)[O-])cc1. The molecule has 0 fully saturated rings. The van der Waals surface area contributed by atoms with Gasteiger partial charge in [0.2, 0.25) is 11.6 Å². The Hall–Kier alpha value is -4.40. The van der Waals surface area contributed by atoms with Crippen LogP contribution < -0.4 is 10.1 Å². The van der Waals surface area contributed by atoms with E-state index in [4.69, 9.17) is 9.15 Å². The summed E-state index contributed by atoms with van der Waals surface area (Å²) in [4.78, 5) is 23.8. The van der Waals surface area contributed by atoms with Gasteiger partial charge < -0.3 is 14.5 Å². The van der Waals surface area contributed by atoms with Crippen LogP contribution >= 0.6 is 0 Å². The number of rotatable bonds is 7. The van der Waals surface area contributed by atoms with Crippen molar-refractivity contribution in [2.24, 2.45) is 0 Å². The molecule has 0 bridgehead atoms. The molecule has 0 unspecified atom stereocenters. The van der Waals surface area contributed by atoms with E-state index in [2.05, 4.69) is 10.4 Å². The molecule has 0 radical (unpaired) electrons. The quantitative estimate of drug-likeness (QED) is 0.334. The van der Waals surface area contributed by atoms with E-state index in [9.17, 15) is 14.9 Å². The Morgan fingerprint density at radius 1 is 1.12 bits per heavy atom. The summed E-state index contributed by atoms with van der Waals surface area (Å²) in [5.74, 6) is 0.449. The van der Waals surface area contributed by atoms with Gasteiger partial charge in [-0.2, -0.15) is 9.78 Å². The van der Waals surface area contributed by atoms with Crippen molar-refractivity contribution >= 4 is 11.6 Å². The van der Waals surface area contributed by atoms with Crippen molar-refractivity contribution in [3.8, 4) is 17.3 Å². The summed E-state index contributed by atoms with van der Waals surface area (Å²) in [6.07, 6.45) is 1.53. The van der Waals surface area contributed by atoms with E-state index in [0.29, 0.717) is 17.0 Å². The second-order valence-corrected chi connectivity index (χ2v) is 7.12. The number of nitro benzene ring substituents is 1. The number of benzene rings is 2. The first-order chi connectivity index (χ1) is 15.4. The van der Waals surface area contributed by atoms with E-state index in [1.54, 1.807) is 31.2 Å². The molecule has 0 spiro atoms. The van der Waals surface area contributed by atoms with Gasteiger partial charge in [0.1, 0.15) is 5.76 Å². The fourth-order valence-corrected chi connectivity index (χ4v) is 3.14. The predicted octanol–water partition coefficient (Wildman–Crippen LogP) is 4.71. The summed E-state index contributed by atoms with van der Waals surface area (Å²) in [5, 5.41) is 18.7. The molecule has 4 aromatic rings. The number of aromatic nitrogens is 2. The van der Waals surface area contributed by atoms with Crippen molar-refractivity contribution < 1.29 is 18.9 Å². The topological polar surface area (TPSA) is 112 Å². The van der Waals surface area contributed by atoms with Crippen LogP contribution in [0.3, 0.4) is 0 Å². The molecule has 32 heavy (non-hydrogen) atoms. The maximum absolute atomic E-state index is 12.8. The summed E-state index contributed by atoms with van der Waals surface area (Å²) >= 11 is 0. The predicted molar refractivity (Wildman–Crippen MR) is 116 cm³/mol. The van der Waals surface area contributed by atoms with Crippen molar-refractivity contribution in [3.05, 3.63) is 99.6 Å². The Kier molecular flexibility index (Phi) is 5.71. The Balaban J connectivity index is 1.74. The van der Waals surface area contributed by atoms with E-state index in [0.717, 1.165) is 5.56 Å². The molecular weight excluding hydrogens is 412 g/mol. The van der Waals surface area contributed by atoms with Crippen LogP contribution in [0.1, 0.15) is 27.4 Å². The number of carbonyl (C=O) groups is 1.